The summed E-state index contributed by atoms with van der Waals surface area (Å²) in [7, 11) is 0. The minimum atomic E-state index is -1.12. The van der Waals surface area contributed by atoms with Crippen LogP contribution in [0.2, 0.25) is 0 Å². The van der Waals surface area contributed by atoms with Gasteiger partial charge in [-0.05, 0) is 18.3 Å². The first-order valence-electron chi connectivity index (χ1n) is 5.43. The van der Waals surface area contributed by atoms with Crippen molar-refractivity contribution in [2.45, 2.75) is 6.42 Å². The van der Waals surface area contributed by atoms with Crippen LogP contribution in [0, 0.1) is 23.7 Å². The summed E-state index contributed by atoms with van der Waals surface area (Å²) < 4.78 is 0. The standard InChI is InChI=1S/C12H15NO3/c1-2-5-13-11(14)9-7-3-4-8(6-7)10(9)12(15)16/h2-4,7-10H,1,5-6H2,(H,13,14)(H,15,16)/p-1/t7-,8+,9-,10+/m1/s1. The Labute approximate surface area is 94.0 Å². The maximum Gasteiger partial charge on any atom is 0.224 e. The monoisotopic (exact) mass is 220 g/mol. The Morgan fingerprint density at radius 1 is 1.38 bits per heavy atom. The number of aliphatic carboxylic acids is 1. The average molecular weight is 220 g/mol. The summed E-state index contributed by atoms with van der Waals surface area (Å²) in [6.07, 6.45) is 6.17. The number of carboxylic acids is 1. The van der Waals surface area contributed by atoms with Crippen LogP contribution in [-0.4, -0.2) is 18.4 Å². The lowest BCUT2D eigenvalue weighted by molar-refractivity contribution is -0.313. The van der Waals surface area contributed by atoms with Crippen molar-refractivity contribution in [3.63, 3.8) is 0 Å². The van der Waals surface area contributed by atoms with Crippen LogP contribution in [-0.2, 0) is 9.59 Å². The molecule has 2 bridgehead atoms. The van der Waals surface area contributed by atoms with Gasteiger partial charge in [0.15, 0.2) is 0 Å². The molecule has 0 aromatic rings. The van der Waals surface area contributed by atoms with E-state index in [4.69, 9.17) is 0 Å². The Morgan fingerprint density at radius 2 is 2.00 bits per heavy atom. The second kappa shape index (κ2) is 4.12. The molecule has 2 rings (SSSR count). The van der Waals surface area contributed by atoms with E-state index in [1.54, 1.807) is 6.08 Å². The summed E-state index contributed by atoms with van der Waals surface area (Å²) in [5.41, 5.74) is 0. The van der Waals surface area contributed by atoms with Crippen LogP contribution in [0.1, 0.15) is 6.42 Å². The number of nitrogens with one attached hydrogen (secondary N) is 1. The second-order valence-electron chi connectivity index (χ2n) is 4.35. The molecule has 0 saturated heterocycles. The molecule has 0 unspecified atom stereocenters. The lowest BCUT2D eigenvalue weighted by Gasteiger charge is -2.27. The van der Waals surface area contributed by atoms with Gasteiger partial charge in [0.2, 0.25) is 5.91 Å². The van der Waals surface area contributed by atoms with Gasteiger partial charge >= 0.3 is 0 Å². The van der Waals surface area contributed by atoms with Gasteiger partial charge in [-0.2, -0.15) is 0 Å². The van der Waals surface area contributed by atoms with Crippen molar-refractivity contribution in [1.82, 2.24) is 5.32 Å². The van der Waals surface area contributed by atoms with Crippen LogP contribution in [0.4, 0.5) is 0 Å². The molecular weight excluding hydrogens is 206 g/mol. The van der Waals surface area contributed by atoms with E-state index in [2.05, 4.69) is 11.9 Å². The molecule has 4 nitrogen and oxygen atoms in total. The third-order valence-electron chi connectivity index (χ3n) is 3.45. The Morgan fingerprint density at radius 3 is 2.56 bits per heavy atom. The second-order valence-corrected chi connectivity index (χ2v) is 4.35. The van der Waals surface area contributed by atoms with Gasteiger partial charge in [-0.15, -0.1) is 6.58 Å². The van der Waals surface area contributed by atoms with Crippen LogP contribution in [0.5, 0.6) is 0 Å². The van der Waals surface area contributed by atoms with E-state index in [0.29, 0.717) is 6.54 Å². The van der Waals surface area contributed by atoms with E-state index in [1.807, 2.05) is 12.2 Å². The minimum Gasteiger partial charge on any atom is -0.550 e. The largest absolute Gasteiger partial charge is 0.550 e. The Bertz CT molecular complexity index is 361. The zero-order valence-electron chi connectivity index (χ0n) is 8.89. The van der Waals surface area contributed by atoms with Crippen LogP contribution >= 0.6 is 0 Å². The minimum absolute atomic E-state index is 0.0329. The smallest absolute Gasteiger partial charge is 0.224 e. The number of carbonyl (C=O) groups excluding carboxylic acids is 2. The molecule has 1 saturated carbocycles. The average Bonchev–Trinajstić information content (AvgIpc) is 2.84. The van der Waals surface area contributed by atoms with Gasteiger partial charge < -0.3 is 15.2 Å². The van der Waals surface area contributed by atoms with Gasteiger partial charge in [-0.25, -0.2) is 0 Å². The van der Waals surface area contributed by atoms with E-state index < -0.39 is 17.8 Å². The molecule has 0 aromatic heterocycles. The topological polar surface area (TPSA) is 69.2 Å². The number of carboxylic acid groups (broad SMARTS) is 1. The first-order valence-corrected chi connectivity index (χ1v) is 5.43. The van der Waals surface area contributed by atoms with Gasteiger partial charge in [-0.1, -0.05) is 18.2 Å². The molecule has 86 valence electrons. The first kappa shape index (κ1) is 10.9. The van der Waals surface area contributed by atoms with Crippen LogP contribution < -0.4 is 10.4 Å². The molecular formula is C12H14NO3-. The molecule has 2 aliphatic carbocycles. The molecule has 1 fully saturated rings. The van der Waals surface area contributed by atoms with Crippen molar-refractivity contribution in [3.8, 4) is 0 Å². The van der Waals surface area contributed by atoms with Crippen molar-refractivity contribution in [1.29, 1.82) is 0 Å². The normalized spacial score (nSPS) is 35.0. The van der Waals surface area contributed by atoms with Crippen molar-refractivity contribution in [2.24, 2.45) is 23.7 Å². The van der Waals surface area contributed by atoms with E-state index in [-0.39, 0.29) is 17.7 Å². The van der Waals surface area contributed by atoms with Crippen molar-refractivity contribution >= 4 is 11.9 Å². The number of carbonyl (C=O) groups is 2. The zero-order chi connectivity index (χ0) is 11.7. The first-order chi connectivity index (χ1) is 7.65. The van der Waals surface area contributed by atoms with Crippen molar-refractivity contribution < 1.29 is 14.7 Å². The molecule has 2 aliphatic rings. The number of allylic oxidation sites excluding steroid dienone is 2. The molecule has 4 atom stereocenters. The fourth-order valence-electron chi connectivity index (χ4n) is 2.79. The number of fused-ring (bicyclic) bond motifs is 2. The van der Waals surface area contributed by atoms with Crippen LogP contribution in [0.3, 0.4) is 0 Å². The highest BCUT2D eigenvalue weighted by Gasteiger charge is 2.48. The fourth-order valence-corrected chi connectivity index (χ4v) is 2.79. The maximum atomic E-state index is 11.8. The maximum absolute atomic E-state index is 11.8. The molecule has 1 amide bonds. The van der Waals surface area contributed by atoms with E-state index in [1.165, 1.54) is 0 Å². The predicted octanol–water partition coefficient (Wildman–Crippen LogP) is -0.523. The highest BCUT2D eigenvalue weighted by atomic mass is 16.4. The van der Waals surface area contributed by atoms with E-state index in [0.717, 1.165) is 6.42 Å². The summed E-state index contributed by atoms with van der Waals surface area (Å²) in [4.78, 5) is 22.9. The highest BCUT2D eigenvalue weighted by Crippen LogP contribution is 2.47. The Balaban J connectivity index is 2.13. The molecule has 0 aromatic carbocycles. The van der Waals surface area contributed by atoms with Gasteiger partial charge in [0.25, 0.3) is 0 Å². The van der Waals surface area contributed by atoms with Gasteiger partial charge in [0.1, 0.15) is 0 Å². The van der Waals surface area contributed by atoms with Crippen molar-refractivity contribution in [2.75, 3.05) is 6.54 Å². The predicted molar refractivity (Wildman–Crippen MR) is 55.9 cm³/mol. The molecule has 0 heterocycles. The van der Waals surface area contributed by atoms with Crippen LogP contribution in [0.15, 0.2) is 24.8 Å². The lowest BCUT2D eigenvalue weighted by Crippen LogP contribution is -2.44. The third kappa shape index (κ3) is 1.64. The SMILES string of the molecule is C=CCNC(=O)[C@H]1[C@@H](C(=O)[O-])[C@H]2C=C[C@@H]1C2. The Hall–Kier alpha value is -1.58. The third-order valence-corrected chi connectivity index (χ3v) is 3.45. The van der Waals surface area contributed by atoms with Gasteiger partial charge in [0.05, 0.1) is 5.92 Å². The fraction of sp³-hybridized carbons (Fsp3) is 0.500. The highest BCUT2D eigenvalue weighted by molar-refractivity contribution is 5.86. The number of hydrogen-bond acceptors (Lipinski definition) is 3. The van der Waals surface area contributed by atoms with Gasteiger partial charge in [0, 0.05) is 18.4 Å². The number of amides is 1. The van der Waals surface area contributed by atoms with Crippen LogP contribution in [0.25, 0.3) is 0 Å². The van der Waals surface area contributed by atoms with Gasteiger partial charge in [-0.3, -0.25) is 4.79 Å². The summed E-state index contributed by atoms with van der Waals surface area (Å²) in [6, 6.07) is 0. The molecule has 4 heteroatoms. The van der Waals surface area contributed by atoms with E-state index >= 15 is 0 Å². The summed E-state index contributed by atoms with van der Waals surface area (Å²) in [5.74, 6) is -2.44. The molecule has 0 radical (unpaired) electrons. The van der Waals surface area contributed by atoms with E-state index in [9.17, 15) is 14.7 Å². The number of hydrogen-bond donors (Lipinski definition) is 1. The molecule has 0 spiro atoms. The Kier molecular flexibility index (Phi) is 2.81. The zero-order valence-corrected chi connectivity index (χ0v) is 8.89. The summed E-state index contributed by atoms with van der Waals surface area (Å²) in [6.45, 7) is 3.88. The summed E-state index contributed by atoms with van der Waals surface area (Å²) >= 11 is 0. The quantitative estimate of drug-likeness (QED) is 0.648. The van der Waals surface area contributed by atoms with Crippen molar-refractivity contribution in [3.05, 3.63) is 24.8 Å². The lowest BCUT2D eigenvalue weighted by atomic mass is 9.82. The molecule has 0 aliphatic heterocycles. The summed E-state index contributed by atoms with van der Waals surface area (Å²) in [5, 5.41) is 13.7. The molecule has 16 heavy (non-hydrogen) atoms. The number of rotatable bonds is 4. The molecule has 1 N–H and O–H groups in total.